The van der Waals surface area contributed by atoms with Crippen LogP contribution in [0, 0.1) is 6.92 Å². The number of aliphatic imine (C=N–C) groups is 1. The number of nitrogens with zero attached hydrogens (tertiary/aromatic N) is 1. The second kappa shape index (κ2) is 5.82. The largest absolute Gasteiger partial charge is 0.488 e. The second-order valence-corrected chi connectivity index (χ2v) is 4.48. The van der Waals surface area contributed by atoms with Gasteiger partial charge in [0.25, 0.3) is 0 Å². The van der Waals surface area contributed by atoms with Crippen LogP contribution in [0.25, 0.3) is 0 Å². The Bertz CT molecular complexity index is 609. The van der Waals surface area contributed by atoms with Crippen LogP contribution in [-0.2, 0) is 0 Å². The number of hydrogen-bond donors (Lipinski definition) is 2. The van der Waals surface area contributed by atoms with Crippen molar-refractivity contribution in [1.29, 1.82) is 0 Å². The van der Waals surface area contributed by atoms with Gasteiger partial charge in [0.1, 0.15) is 0 Å². The highest BCUT2D eigenvalue weighted by molar-refractivity contribution is 6.58. The zero-order valence-corrected chi connectivity index (χ0v) is 11.0. The lowest BCUT2D eigenvalue weighted by Gasteiger charge is -2.06. The molecule has 96 valence electrons. The molecule has 0 aromatic heterocycles. The molecule has 19 heavy (non-hydrogen) atoms. The van der Waals surface area contributed by atoms with Crippen LogP contribution in [0.3, 0.4) is 0 Å². The van der Waals surface area contributed by atoms with Crippen LogP contribution in [0.2, 0.25) is 0 Å². The van der Waals surface area contributed by atoms with Crippen molar-refractivity contribution < 1.29 is 10.0 Å². The molecular formula is C15H16BNO2. The van der Waals surface area contributed by atoms with Crippen LogP contribution in [-0.4, -0.2) is 22.9 Å². The van der Waals surface area contributed by atoms with E-state index in [2.05, 4.69) is 4.99 Å². The van der Waals surface area contributed by atoms with Crippen LogP contribution in [0.5, 0.6) is 0 Å². The molecular weight excluding hydrogens is 237 g/mol. The Morgan fingerprint density at radius 1 is 1.05 bits per heavy atom. The Balaban J connectivity index is 2.36. The van der Waals surface area contributed by atoms with Gasteiger partial charge in [0.2, 0.25) is 0 Å². The van der Waals surface area contributed by atoms with E-state index >= 15 is 0 Å². The molecule has 0 fully saturated rings. The molecule has 0 bridgehead atoms. The van der Waals surface area contributed by atoms with Crippen molar-refractivity contribution in [2.75, 3.05) is 0 Å². The fourth-order valence-corrected chi connectivity index (χ4v) is 1.86. The van der Waals surface area contributed by atoms with E-state index in [0.29, 0.717) is 5.46 Å². The van der Waals surface area contributed by atoms with Gasteiger partial charge in [-0.1, -0.05) is 42.5 Å². The minimum atomic E-state index is -1.45. The molecule has 2 aromatic carbocycles. The lowest BCUT2D eigenvalue weighted by Crippen LogP contribution is -2.30. The summed E-state index contributed by atoms with van der Waals surface area (Å²) in [6.07, 6.45) is 0. The highest BCUT2D eigenvalue weighted by Gasteiger charge is 2.11. The van der Waals surface area contributed by atoms with Crippen LogP contribution < -0.4 is 5.46 Å². The molecule has 0 aliphatic rings. The standard InChI is InChI=1S/C15H16BNO2/c1-11-6-3-4-9-15(11)17-12(2)13-7-5-8-14(10-13)16(18)19/h3-10,18-19H,1-2H3. The summed E-state index contributed by atoms with van der Waals surface area (Å²) in [5, 5.41) is 18.4. The predicted octanol–water partition coefficient (Wildman–Crippen LogP) is 1.82. The molecule has 0 heterocycles. The molecule has 0 spiro atoms. The van der Waals surface area contributed by atoms with Gasteiger partial charge < -0.3 is 10.0 Å². The average molecular weight is 253 g/mol. The Hall–Kier alpha value is -1.91. The molecule has 4 heteroatoms. The van der Waals surface area contributed by atoms with E-state index in [-0.39, 0.29) is 0 Å². The predicted molar refractivity (Wildman–Crippen MR) is 79.3 cm³/mol. The molecule has 0 radical (unpaired) electrons. The van der Waals surface area contributed by atoms with Crippen LogP contribution in [0.1, 0.15) is 18.1 Å². The molecule has 2 N–H and O–H groups in total. The number of aryl methyl sites for hydroxylation is 1. The third-order valence-electron chi connectivity index (χ3n) is 3.01. The molecule has 0 atom stereocenters. The summed E-state index contributed by atoms with van der Waals surface area (Å²) in [5.74, 6) is 0. The highest BCUT2D eigenvalue weighted by atomic mass is 16.4. The Morgan fingerprint density at radius 2 is 1.79 bits per heavy atom. The van der Waals surface area contributed by atoms with Gasteiger partial charge in [-0.15, -0.1) is 0 Å². The molecule has 3 nitrogen and oxygen atoms in total. The first kappa shape index (κ1) is 13.5. The fourth-order valence-electron chi connectivity index (χ4n) is 1.86. The smallest absolute Gasteiger partial charge is 0.423 e. The van der Waals surface area contributed by atoms with Crippen molar-refractivity contribution in [3.8, 4) is 0 Å². The van der Waals surface area contributed by atoms with Crippen LogP contribution in [0.15, 0.2) is 53.5 Å². The fraction of sp³-hybridized carbons (Fsp3) is 0.133. The Labute approximate surface area is 113 Å². The maximum Gasteiger partial charge on any atom is 0.488 e. The van der Waals surface area contributed by atoms with Crippen LogP contribution in [0.4, 0.5) is 5.69 Å². The van der Waals surface area contributed by atoms with E-state index in [9.17, 15) is 10.0 Å². The summed E-state index contributed by atoms with van der Waals surface area (Å²) in [6, 6.07) is 15.0. The van der Waals surface area contributed by atoms with Gasteiger partial charge in [0.05, 0.1) is 5.69 Å². The first-order valence-corrected chi connectivity index (χ1v) is 6.15. The molecule has 0 saturated heterocycles. The lowest BCUT2D eigenvalue weighted by molar-refractivity contribution is 0.426. The van der Waals surface area contributed by atoms with E-state index in [4.69, 9.17) is 0 Å². The second-order valence-electron chi connectivity index (χ2n) is 4.48. The molecule has 0 saturated carbocycles. The lowest BCUT2D eigenvalue weighted by atomic mass is 9.79. The maximum absolute atomic E-state index is 9.18. The number of hydrogen-bond acceptors (Lipinski definition) is 3. The molecule has 0 aliphatic carbocycles. The monoisotopic (exact) mass is 253 g/mol. The normalized spacial score (nSPS) is 11.5. The molecule has 0 amide bonds. The summed E-state index contributed by atoms with van der Waals surface area (Å²) in [5.41, 5.74) is 4.23. The first-order valence-electron chi connectivity index (χ1n) is 6.15. The zero-order valence-electron chi connectivity index (χ0n) is 11.0. The highest BCUT2D eigenvalue weighted by Crippen LogP contribution is 2.18. The number of benzene rings is 2. The van der Waals surface area contributed by atoms with Gasteiger partial charge in [-0.3, -0.25) is 4.99 Å². The van der Waals surface area contributed by atoms with Crippen molar-refractivity contribution in [2.45, 2.75) is 13.8 Å². The third kappa shape index (κ3) is 3.31. The molecule has 0 unspecified atom stereocenters. The van der Waals surface area contributed by atoms with Crippen molar-refractivity contribution in [3.05, 3.63) is 59.7 Å². The van der Waals surface area contributed by atoms with Gasteiger partial charge >= 0.3 is 7.12 Å². The van der Waals surface area contributed by atoms with Crippen molar-refractivity contribution >= 4 is 24.0 Å². The van der Waals surface area contributed by atoms with Crippen molar-refractivity contribution in [2.24, 2.45) is 4.99 Å². The summed E-state index contributed by atoms with van der Waals surface area (Å²) in [7, 11) is -1.45. The van der Waals surface area contributed by atoms with E-state index in [1.165, 1.54) is 0 Å². The van der Waals surface area contributed by atoms with Gasteiger partial charge in [-0.25, -0.2) is 0 Å². The minimum Gasteiger partial charge on any atom is -0.423 e. The zero-order chi connectivity index (χ0) is 13.8. The van der Waals surface area contributed by atoms with Gasteiger partial charge in [-0.2, -0.15) is 0 Å². The maximum atomic E-state index is 9.18. The topological polar surface area (TPSA) is 52.8 Å². The van der Waals surface area contributed by atoms with Gasteiger partial charge in [-0.05, 0) is 36.5 Å². The van der Waals surface area contributed by atoms with Crippen molar-refractivity contribution in [3.63, 3.8) is 0 Å². The minimum absolute atomic E-state index is 0.469. The Kier molecular flexibility index (Phi) is 4.15. The van der Waals surface area contributed by atoms with Crippen LogP contribution >= 0.6 is 0 Å². The summed E-state index contributed by atoms with van der Waals surface area (Å²) >= 11 is 0. The number of para-hydroxylation sites is 1. The van der Waals surface area contributed by atoms with Gasteiger partial charge in [0.15, 0.2) is 0 Å². The Morgan fingerprint density at radius 3 is 2.47 bits per heavy atom. The summed E-state index contributed by atoms with van der Waals surface area (Å²) in [6.45, 7) is 3.93. The summed E-state index contributed by atoms with van der Waals surface area (Å²) in [4.78, 5) is 4.58. The number of rotatable bonds is 3. The van der Waals surface area contributed by atoms with Gasteiger partial charge in [0, 0.05) is 5.71 Å². The molecule has 0 aliphatic heterocycles. The van der Waals surface area contributed by atoms with E-state index in [0.717, 1.165) is 22.5 Å². The average Bonchev–Trinajstić information content (AvgIpc) is 2.41. The van der Waals surface area contributed by atoms with E-state index < -0.39 is 7.12 Å². The molecule has 2 aromatic rings. The first-order chi connectivity index (χ1) is 9.08. The SMILES string of the molecule is CC(=Nc1ccccc1C)c1cccc(B(O)O)c1. The van der Waals surface area contributed by atoms with E-state index in [1.807, 2.05) is 44.2 Å². The molecule has 2 rings (SSSR count). The summed E-state index contributed by atoms with van der Waals surface area (Å²) < 4.78 is 0. The third-order valence-corrected chi connectivity index (χ3v) is 3.01. The van der Waals surface area contributed by atoms with E-state index in [1.54, 1.807) is 18.2 Å². The van der Waals surface area contributed by atoms with Crippen molar-refractivity contribution in [1.82, 2.24) is 0 Å². The quantitative estimate of drug-likeness (QED) is 0.647.